The number of carbonyl (C=O) groups is 1. The molecule has 0 aliphatic rings. The summed E-state index contributed by atoms with van der Waals surface area (Å²) in [6.07, 6.45) is -0.817. The summed E-state index contributed by atoms with van der Waals surface area (Å²) in [5.74, 6) is -1.19. The van der Waals surface area contributed by atoms with Crippen LogP contribution in [0, 0.1) is 3.57 Å². The van der Waals surface area contributed by atoms with Crippen molar-refractivity contribution >= 4 is 38.6 Å². The lowest BCUT2D eigenvalue weighted by Crippen LogP contribution is -2.30. The van der Waals surface area contributed by atoms with Crippen molar-refractivity contribution < 1.29 is 23.4 Å². The van der Waals surface area contributed by atoms with Crippen LogP contribution in [-0.2, 0) is 10.0 Å². The highest BCUT2D eigenvalue weighted by molar-refractivity contribution is 14.1. The van der Waals surface area contributed by atoms with Crippen LogP contribution < -0.4 is 4.72 Å². The lowest BCUT2D eigenvalue weighted by molar-refractivity contribution is 0.0695. The van der Waals surface area contributed by atoms with Gasteiger partial charge in [0.2, 0.25) is 10.0 Å². The molecule has 0 heterocycles. The molecule has 0 saturated carbocycles. The van der Waals surface area contributed by atoms with Gasteiger partial charge in [-0.15, -0.1) is 0 Å². The van der Waals surface area contributed by atoms with Gasteiger partial charge in [0.15, 0.2) is 0 Å². The highest BCUT2D eigenvalue weighted by Crippen LogP contribution is 2.17. The van der Waals surface area contributed by atoms with Crippen molar-refractivity contribution in [1.29, 1.82) is 0 Å². The molecule has 0 unspecified atom stereocenters. The Morgan fingerprint density at radius 1 is 1.50 bits per heavy atom. The van der Waals surface area contributed by atoms with E-state index in [4.69, 9.17) is 10.2 Å². The van der Waals surface area contributed by atoms with Gasteiger partial charge in [-0.2, -0.15) is 0 Å². The molecular formula is C10H12INO5S. The number of aliphatic hydroxyl groups excluding tert-OH is 1. The van der Waals surface area contributed by atoms with Crippen LogP contribution in [0.1, 0.15) is 17.3 Å². The quantitative estimate of drug-likeness (QED) is 0.646. The molecule has 1 aromatic rings. The predicted molar refractivity (Wildman–Crippen MR) is 73.0 cm³/mol. The lowest BCUT2D eigenvalue weighted by Gasteiger charge is -2.09. The van der Waals surface area contributed by atoms with Crippen LogP contribution in [0.25, 0.3) is 0 Å². The summed E-state index contributed by atoms with van der Waals surface area (Å²) in [6.45, 7) is 1.32. The van der Waals surface area contributed by atoms with Gasteiger partial charge in [0, 0.05) is 10.1 Å². The Labute approximate surface area is 118 Å². The highest BCUT2D eigenvalue weighted by Gasteiger charge is 2.18. The number of sulfonamides is 1. The number of benzene rings is 1. The summed E-state index contributed by atoms with van der Waals surface area (Å²) in [5, 5.41) is 17.9. The normalized spacial score (nSPS) is 13.3. The van der Waals surface area contributed by atoms with E-state index in [0.717, 1.165) is 6.07 Å². The predicted octanol–water partition coefficient (Wildman–Crippen LogP) is 0.649. The van der Waals surface area contributed by atoms with Gasteiger partial charge >= 0.3 is 5.97 Å². The van der Waals surface area contributed by atoms with Gasteiger partial charge in [0.05, 0.1) is 16.6 Å². The maximum Gasteiger partial charge on any atom is 0.336 e. The Balaban J connectivity index is 3.10. The van der Waals surface area contributed by atoms with Crippen LogP contribution in [-0.4, -0.2) is 37.2 Å². The third-order valence-corrected chi connectivity index (χ3v) is 4.41. The first kappa shape index (κ1) is 15.3. The summed E-state index contributed by atoms with van der Waals surface area (Å²) < 4.78 is 26.3. The van der Waals surface area contributed by atoms with Crippen LogP contribution in [0.5, 0.6) is 0 Å². The molecule has 6 nitrogen and oxygen atoms in total. The zero-order valence-electron chi connectivity index (χ0n) is 9.42. The molecule has 0 saturated heterocycles. The molecule has 1 aromatic carbocycles. The molecule has 0 spiro atoms. The molecule has 1 atom stereocenters. The number of carboxylic acid groups (broad SMARTS) is 1. The number of carboxylic acids is 1. The molecule has 8 heteroatoms. The average Bonchev–Trinajstić information content (AvgIpc) is 2.26. The Kier molecular flexibility index (Phi) is 5.08. The van der Waals surface area contributed by atoms with Gasteiger partial charge in [-0.05, 0) is 47.7 Å². The molecule has 0 fully saturated rings. The van der Waals surface area contributed by atoms with Crippen molar-refractivity contribution in [2.24, 2.45) is 0 Å². The Morgan fingerprint density at radius 2 is 2.11 bits per heavy atom. The molecule has 0 amide bonds. The molecule has 1 rings (SSSR count). The number of nitrogens with one attached hydrogen (secondary N) is 1. The number of hydrogen-bond acceptors (Lipinski definition) is 4. The Bertz CT molecular complexity index is 555. The second kappa shape index (κ2) is 5.95. The molecule has 0 aromatic heterocycles. The van der Waals surface area contributed by atoms with E-state index in [9.17, 15) is 13.2 Å². The zero-order valence-corrected chi connectivity index (χ0v) is 12.4. The molecule has 3 N–H and O–H groups in total. The van der Waals surface area contributed by atoms with Gasteiger partial charge in [0.1, 0.15) is 0 Å². The maximum absolute atomic E-state index is 11.8. The SMILES string of the molecule is C[C@H](O)CNS(=O)(=O)c1ccc(I)c(C(=O)O)c1. The van der Waals surface area contributed by atoms with E-state index >= 15 is 0 Å². The van der Waals surface area contributed by atoms with Crippen molar-refractivity contribution in [3.63, 3.8) is 0 Å². The third-order valence-electron chi connectivity index (χ3n) is 2.05. The largest absolute Gasteiger partial charge is 0.478 e. The van der Waals surface area contributed by atoms with Crippen LogP contribution in [0.3, 0.4) is 0 Å². The van der Waals surface area contributed by atoms with Crippen LogP contribution >= 0.6 is 22.6 Å². The molecule has 18 heavy (non-hydrogen) atoms. The number of rotatable bonds is 5. The molecule has 0 aliphatic heterocycles. The molecule has 100 valence electrons. The summed E-state index contributed by atoms with van der Waals surface area (Å²) in [4.78, 5) is 10.8. The molecule has 0 bridgehead atoms. The Morgan fingerprint density at radius 3 is 2.61 bits per heavy atom. The van der Waals surface area contributed by atoms with E-state index in [1.807, 2.05) is 22.6 Å². The standard InChI is InChI=1S/C10H12INO5S/c1-6(13)5-12-18(16,17)7-2-3-9(11)8(4-7)10(14)15/h2-4,6,12-13H,5H2,1H3,(H,14,15)/t6-/m0/s1. The smallest absolute Gasteiger partial charge is 0.336 e. The fraction of sp³-hybridized carbons (Fsp3) is 0.300. The minimum absolute atomic E-state index is 0.0736. The number of halogens is 1. The van der Waals surface area contributed by atoms with Crippen LogP contribution in [0.15, 0.2) is 23.1 Å². The van der Waals surface area contributed by atoms with Gasteiger partial charge in [-0.1, -0.05) is 0 Å². The van der Waals surface area contributed by atoms with E-state index in [2.05, 4.69) is 4.72 Å². The summed E-state index contributed by atoms with van der Waals surface area (Å²) in [6, 6.07) is 3.83. The molecule has 0 radical (unpaired) electrons. The summed E-state index contributed by atoms with van der Waals surface area (Å²) in [7, 11) is -3.80. The second-order valence-corrected chi connectivity index (χ2v) is 6.58. The Hall–Kier alpha value is -0.710. The first-order valence-electron chi connectivity index (χ1n) is 4.94. The topological polar surface area (TPSA) is 104 Å². The van der Waals surface area contributed by atoms with Crippen LogP contribution in [0.2, 0.25) is 0 Å². The summed E-state index contributed by atoms with van der Waals surface area (Å²) in [5.41, 5.74) is -0.0736. The minimum Gasteiger partial charge on any atom is -0.478 e. The van der Waals surface area contributed by atoms with Crippen molar-refractivity contribution in [2.45, 2.75) is 17.9 Å². The van der Waals surface area contributed by atoms with E-state index in [0.29, 0.717) is 3.57 Å². The van der Waals surface area contributed by atoms with Crippen molar-refractivity contribution in [3.8, 4) is 0 Å². The first-order chi connectivity index (χ1) is 8.24. The molecule has 0 aliphatic carbocycles. The zero-order chi connectivity index (χ0) is 13.9. The van der Waals surface area contributed by atoms with E-state index in [-0.39, 0.29) is 17.0 Å². The monoisotopic (exact) mass is 385 g/mol. The maximum atomic E-state index is 11.8. The number of hydrogen-bond donors (Lipinski definition) is 3. The number of aromatic carboxylic acids is 1. The van der Waals surface area contributed by atoms with Gasteiger partial charge < -0.3 is 10.2 Å². The van der Waals surface area contributed by atoms with Crippen molar-refractivity contribution in [1.82, 2.24) is 4.72 Å². The average molecular weight is 385 g/mol. The first-order valence-corrected chi connectivity index (χ1v) is 7.51. The van der Waals surface area contributed by atoms with E-state index < -0.39 is 22.1 Å². The van der Waals surface area contributed by atoms with Gasteiger partial charge in [-0.3, -0.25) is 0 Å². The van der Waals surface area contributed by atoms with Crippen molar-refractivity contribution in [2.75, 3.05) is 6.54 Å². The summed E-state index contributed by atoms with van der Waals surface area (Å²) >= 11 is 1.82. The molecular weight excluding hydrogens is 373 g/mol. The van der Waals surface area contributed by atoms with Crippen LogP contribution in [0.4, 0.5) is 0 Å². The fourth-order valence-corrected chi connectivity index (χ4v) is 2.86. The van der Waals surface area contributed by atoms with E-state index in [1.54, 1.807) is 0 Å². The lowest BCUT2D eigenvalue weighted by atomic mass is 10.2. The third kappa shape index (κ3) is 3.90. The number of aliphatic hydroxyl groups is 1. The van der Waals surface area contributed by atoms with Gasteiger partial charge in [0.25, 0.3) is 0 Å². The minimum atomic E-state index is -3.80. The second-order valence-electron chi connectivity index (χ2n) is 3.65. The van der Waals surface area contributed by atoms with Crippen molar-refractivity contribution in [3.05, 3.63) is 27.3 Å². The van der Waals surface area contributed by atoms with Gasteiger partial charge in [-0.25, -0.2) is 17.9 Å². The van der Waals surface area contributed by atoms with E-state index in [1.165, 1.54) is 19.1 Å². The highest BCUT2D eigenvalue weighted by atomic mass is 127. The fourth-order valence-electron chi connectivity index (χ4n) is 1.15.